The summed E-state index contributed by atoms with van der Waals surface area (Å²) in [5.41, 5.74) is 3.67. The van der Waals surface area contributed by atoms with Gasteiger partial charge in [0, 0.05) is 50.8 Å². The maximum atomic E-state index is 12.1. The monoisotopic (exact) mass is 483 g/mol. The molecule has 34 heavy (non-hydrogen) atoms. The van der Waals surface area contributed by atoms with Gasteiger partial charge in [0.05, 0.1) is 35.0 Å². The molecule has 1 aromatic heterocycles. The molecule has 2 aromatic rings. The van der Waals surface area contributed by atoms with Crippen molar-refractivity contribution in [3.63, 3.8) is 0 Å². The molecular formula is C26H37N5O2S. The van der Waals surface area contributed by atoms with E-state index in [0.717, 1.165) is 51.1 Å². The van der Waals surface area contributed by atoms with Crippen molar-refractivity contribution in [2.75, 3.05) is 19.3 Å². The summed E-state index contributed by atoms with van der Waals surface area (Å²) >= 11 is 0. The molecule has 2 unspecified atom stereocenters. The lowest BCUT2D eigenvalue weighted by Crippen LogP contribution is -2.45. The summed E-state index contributed by atoms with van der Waals surface area (Å²) in [4.78, 5) is 19.5. The number of aromatic nitrogens is 2. The van der Waals surface area contributed by atoms with E-state index in [1.165, 1.54) is 29.8 Å². The maximum Gasteiger partial charge on any atom is 0.217 e. The second-order valence-electron chi connectivity index (χ2n) is 10.2. The highest BCUT2D eigenvalue weighted by Gasteiger charge is 2.42. The van der Waals surface area contributed by atoms with Crippen molar-refractivity contribution in [3.05, 3.63) is 53.1 Å². The molecule has 184 valence electrons. The van der Waals surface area contributed by atoms with Crippen molar-refractivity contribution in [2.45, 2.75) is 83.1 Å². The fraction of sp³-hybridized carbons (Fsp3) is 0.615. The Balaban J connectivity index is 1.28. The molecule has 5 rings (SSSR count). The van der Waals surface area contributed by atoms with Crippen LogP contribution in [0.15, 0.2) is 30.3 Å². The van der Waals surface area contributed by atoms with E-state index >= 15 is 0 Å². The zero-order valence-electron chi connectivity index (χ0n) is 20.6. The molecule has 1 N–H and O–H groups in total. The van der Waals surface area contributed by atoms with E-state index in [1.807, 2.05) is 18.2 Å². The third-order valence-electron chi connectivity index (χ3n) is 8.04. The Morgan fingerprint density at radius 2 is 1.88 bits per heavy atom. The third kappa shape index (κ3) is 4.72. The van der Waals surface area contributed by atoms with Gasteiger partial charge in [-0.25, -0.2) is 13.5 Å². The molecule has 5 atom stereocenters. The summed E-state index contributed by atoms with van der Waals surface area (Å²) in [6, 6.07) is 12.0. The van der Waals surface area contributed by atoms with Crippen LogP contribution in [0.4, 0.5) is 0 Å². The molecule has 0 radical (unpaired) electrons. The zero-order chi connectivity index (χ0) is 23.8. The van der Waals surface area contributed by atoms with Crippen LogP contribution in [0.5, 0.6) is 0 Å². The lowest BCUT2D eigenvalue weighted by Gasteiger charge is -2.41. The Morgan fingerprint density at radius 3 is 2.53 bits per heavy atom. The first kappa shape index (κ1) is 23.7. The summed E-state index contributed by atoms with van der Waals surface area (Å²) in [5.74, 6) is 1.14. The van der Waals surface area contributed by atoms with Crippen LogP contribution in [0.1, 0.15) is 73.9 Å². The number of carbonyl (C=O) groups excluding carboxylic acids is 1. The van der Waals surface area contributed by atoms with Gasteiger partial charge in [0.15, 0.2) is 0 Å². The number of piperidine rings is 1. The van der Waals surface area contributed by atoms with Gasteiger partial charge < -0.3 is 9.88 Å². The number of nitrogens with one attached hydrogen (secondary N) is 1. The molecule has 2 fully saturated rings. The molecule has 2 bridgehead atoms. The number of amides is 1. The first-order valence-electron chi connectivity index (χ1n) is 12.6. The van der Waals surface area contributed by atoms with Crippen LogP contribution in [-0.4, -0.2) is 60.3 Å². The minimum absolute atomic E-state index is 0.0259. The largest absolute Gasteiger partial charge is 0.349 e. The fourth-order valence-corrected chi connectivity index (χ4v) is 7.20. The predicted molar refractivity (Wildman–Crippen MR) is 135 cm³/mol. The molecule has 3 aliphatic heterocycles. The third-order valence-corrected chi connectivity index (χ3v) is 9.08. The smallest absolute Gasteiger partial charge is 0.217 e. The highest BCUT2D eigenvalue weighted by molar-refractivity contribution is 7.81. The Hall–Kier alpha value is -2.03. The number of hydrogen-bond donors (Lipinski definition) is 1. The minimum Gasteiger partial charge on any atom is -0.349 e. The van der Waals surface area contributed by atoms with Crippen molar-refractivity contribution in [1.29, 1.82) is 0 Å². The average molecular weight is 484 g/mol. The van der Waals surface area contributed by atoms with Crippen molar-refractivity contribution < 1.29 is 9.00 Å². The molecule has 0 aliphatic carbocycles. The Bertz CT molecular complexity index is 1040. The number of aryl methyl sites for hydroxylation is 1. The molecule has 1 amide bonds. The standard InChI is InChI=1S/C26H37N5O2S/c1-18-27-25-11-13-29(34(3)33)17-26(25)31(18)23-15-21-9-10-22(16-23)30(21)14-12-24(28-19(2)32)20-7-5-4-6-8-20/h4-8,21-24H,9-17H2,1-3H3,(H,28,32)/t21-,22+,23?,24-,34?/m0/s1. The summed E-state index contributed by atoms with van der Waals surface area (Å²) < 4.78 is 16.7. The number of imidazole rings is 1. The number of rotatable bonds is 7. The highest BCUT2D eigenvalue weighted by atomic mass is 32.2. The predicted octanol–water partition coefficient (Wildman–Crippen LogP) is 3.28. The normalized spacial score (nSPS) is 26.7. The first-order chi connectivity index (χ1) is 16.4. The maximum absolute atomic E-state index is 12.1. The van der Waals surface area contributed by atoms with Gasteiger partial charge in [0.25, 0.3) is 0 Å². The molecule has 8 heteroatoms. The zero-order valence-corrected chi connectivity index (χ0v) is 21.4. The summed E-state index contributed by atoms with van der Waals surface area (Å²) in [7, 11) is -0.944. The van der Waals surface area contributed by atoms with Gasteiger partial charge in [-0.05, 0) is 44.6 Å². The van der Waals surface area contributed by atoms with E-state index in [2.05, 4.69) is 38.1 Å². The second-order valence-corrected chi connectivity index (χ2v) is 11.5. The van der Waals surface area contributed by atoms with Gasteiger partial charge in [-0.15, -0.1) is 0 Å². The molecule has 0 spiro atoms. The van der Waals surface area contributed by atoms with Gasteiger partial charge in [0.2, 0.25) is 5.91 Å². The lowest BCUT2D eigenvalue weighted by atomic mass is 9.95. The SMILES string of the molecule is CC(=O)N[C@@H](CCN1[C@@H]2CC[C@H]1CC(n1c(C)nc3c1CN(S(C)=O)CC3)C2)c1ccccc1. The van der Waals surface area contributed by atoms with Crippen LogP contribution < -0.4 is 5.32 Å². The number of hydrogen-bond acceptors (Lipinski definition) is 4. The number of benzene rings is 1. The highest BCUT2D eigenvalue weighted by Crippen LogP contribution is 2.43. The van der Waals surface area contributed by atoms with Crippen molar-refractivity contribution in [1.82, 2.24) is 24.1 Å². The molecule has 2 saturated heterocycles. The molecule has 3 aliphatic rings. The van der Waals surface area contributed by atoms with Crippen LogP contribution >= 0.6 is 0 Å². The van der Waals surface area contributed by atoms with E-state index in [9.17, 15) is 9.00 Å². The average Bonchev–Trinajstić information content (AvgIpc) is 3.27. The molecule has 7 nitrogen and oxygen atoms in total. The van der Waals surface area contributed by atoms with Crippen LogP contribution in [0.3, 0.4) is 0 Å². The van der Waals surface area contributed by atoms with Crippen LogP contribution in [0, 0.1) is 6.92 Å². The van der Waals surface area contributed by atoms with E-state index in [0.29, 0.717) is 18.1 Å². The van der Waals surface area contributed by atoms with Crippen molar-refractivity contribution >= 4 is 16.9 Å². The first-order valence-corrected chi connectivity index (χ1v) is 14.1. The number of nitrogens with zero attached hydrogens (tertiary/aromatic N) is 4. The van der Waals surface area contributed by atoms with Gasteiger partial charge in [0.1, 0.15) is 5.82 Å². The summed E-state index contributed by atoms with van der Waals surface area (Å²) in [6.45, 7) is 6.31. The molecule has 0 saturated carbocycles. The Labute approximate surface area is 205 Å². The van der Waals surface area contributed by atoms with E-state index in [-0.39, 0.29) is 11.9 Å². The number of fused-ring (bicyclic) bond motifs is 3. The van der Waals surface area contributed by atoms with E-state index < -0.39 is 11.0 Å². The van der Waals surface area contributed by atoms with Gasteiger partial charge in [-0.2, -0.15) is 0 Å². The Kier molecular flexibility index (Phi) is 6.91. The topological polar surface area (TPSA) is 70.5 Å². The second kappa shape index (κ2) is 9.91. The quantitative estimate of drug-likeness (QED) is 0.656. The lowest BCUT2D eigenvalue weighted by molar-refractivity contribution is -0.119. The van der Waals surface area contributed by atoms with Crippen molar-refractivity contribution in [3.8, 4) is 0 Å². The van der Waals surface area contributed by atoms with Gasteiger partial charge in [-0.1, -0.05) is 30.3 Å². The summed E-state index contributed by atoms with van der Waals surface area (Å²) in [6.07, 6.45) is 8.38. The van der Waals surface area contributed by atoms with E-state index in [4.69, 9.17) is 4.98 Å². The Morgan fingerprint density at radius 1 is 1.18 bits per heavy atom. The van der Waals surface area contributed by atoms with Crippen LogP contribution in [0.2, 0.25) is 0 Å². The molecule has 1 aromatic carbocycles. The van der Waals surface area contributed by atoms with Gasteiger partial charge in [-0.3, -0.25) is 9.69 Å². The van der Waals surface area contributed by atoms with Crippen LogP contribution in [0.25, 0.3) is 0 Å². The van der Waals surface area contributed by atoms with E-state index in [1.54, 1.807) is 13.2 Å². The molecular weight excluding hydrogens is 446 g/mol. The summed E-state index contributed by atoms with van der Waals surface area (Å²) in [5, 5.41) is 3.16. The van der Waals surface area contributed by atoms with Crippen LogP contribution in [-0.2, 0) is 28.7 Å². The minimum atomic E-state index is -0.944. The number of carbonyl (C=O) groups is 1. The van der Waals surface area contributed by atoms with Gasteiger partial charge >= 0.3 is 0 Å². The van der Waals surface area contributed by atoms with Crippen molar-refractivity contribution in [2.24, 2.45) is 0 Å². The molecule has 4 heterocycles. The fourth-order valence-electron chi connectivity index (χ4n) is 6.55.